The van der Waals surface area contributed by atoms with E-state index in [-0.39, 0.29) is 5.97 Å². The molecule has 0 unspecified atom stereocenters. The van der Waals surface area contributed by atoms with Crippen LogP contribution in [0.2, 0.25) is 0 Å². The third kappa shape index (κ3) is 6.61. The maximum absolute atomic E-state index is 12.4. The number of carbonyl (C=O) groups excluding carboxylic acids is 1. The Morgan fingerprint density at radius 1 is 1.09 bits per heavy atom. The molecule has 1 fully saturated rings. The minimum Gasteiger partial charge on any atom is -0.496 e. The molecule has 1 N–H and O–H groups in total. The molecule has 35 heavy (non-hydrogen) atoms. The van der Waals surface area contributed by atoms with E-state index in [9.17, 15) is 4.79 Å². The van der Waals surface area contributed by atoms with E-state index in [4.69, 9.17) is 9.47 Å². The summed E-state index contributed by atoms with van der Waals surface area (Å²) in [6, 6.07) is 16.7. The predicted octanol–water partition coefficient (Wildman–Crippen LogP) is 6.60. The first-order chi connectivity index (χ1) is 16.9. The van der Waals surface area contributed by atoms with Crippen LogP contribution in [0.5, 0.6) is 0 Å². The zero-order valence-electron chi connectivity index (χ0n) is 21.2. The maximum atomic E-state index is 12.4. The molecule has 0 radical (unpaired) electrons. The molecule has 0 aromatic heterocycles. The van der Waals surface area contributed by atoms with Gasteiger partial charge in [0.1, 0.15) is 5.76 Å². The second kappa shape index (κ2) is 12.4. The normalized spacial score (nSPS) is 14.8. The molecule has 4 heteroatoms. The summed E-state index contributed by atoms with van der Waals surface area (Å²) >= 11 is 0. The number of hydrogen-bond donors (Lipinski definition) is 1. The van der Waals surface area contributed by atoms with Crippen LogP contribution in [-0.4, -0.2) is 32.8 Å². The zero-order chi connectivity index (χ0) is 25.3. The van der Waals surface area contributed by atoms with Crippen LogP contribution in [-0.2, 0) is 19.7 Å². The van der Waals surface area contributed by atoms with Gasteiger partial charge in [0, 0.05) is 12.1 Å². The second-order valence-electron chi connectivity index (χ2n) is 8.95. The molecule has 3 rings (SSSR count). The van der Waals surface area contributed by atoms with E-state index in [0.717, 1.165) is 71.5 Å². The first-order valence-corrected chi connectivity index (χ1v) is 12.2. The molecule has 0 amide bonds. The summed E-state index contributed by atoms with van der Waals surface area (Å²) in [5.74, 6) is 0.783. The van der Waals surface area contributed by atoms with Crippen LogP contribution in [0.25, 0.3) is 16.9 Å². The number of esters is 1. The number of ether oxygens (including phenoxy) is 2. The van der Waals surface area contributed by atoms with Crippen LogP contribution < -0.4 is 5.32 Å². The number of benzene rings is 2. The zero-order valence-corrected chi connectivity index (χ0v) is 21.2. The fraction of sp³-hybridized carbons (Fsp3) is 0.323. The fourth-order valence-corrected chi connectivity index (χ4v) is 4.23. The monoisotopic (exact) mass is 471 g/mol. The van der Waals surface area contributed by atoms with Crippen molar-refractivity contribution in [3.05, 3.63) is 102 Å². The lowest BCUT2D eigenvalue weighted by Crippen LogP contribution is -2.23. The highest BCUT2D eigenvalue weighted by molar-refractivity contribution is 5.87. The molecule has 1 aliphatic carbocycles. The summed E-state index contributed by atoms with van der Waals surface area (Å²) in [5, 5.41) is 3.46. The Bertz CT molecular complexity index is 1090. The lowest BCUT2D eigenvalue weighted by molar-refractivity contribution is -0.146. The Hall–Kier alpha value is -3.37. The molecule has 1 saturated carbocycles. The topological polar surface area (TPSA) is 47.6 Å². The summed E-state index contributed by atoms with van der Waals surface area (Å²) in [7, 11) is 1.71. The molecule has 1 aliphatic rings. The highest BCUT2D eigenvalue weighted by atomic mass is 16.5. The van der Waals surface area contributed by atoms with Gasteiger partial charge in [-0.1, -0.05) is 85.5 Å². The van der Waals surface area contributed by atoms with Gasteiger partial charge in [-0.05, 0) is 61.9 Å². The highest BCUT2D eigenvalue weighted by Gasteiger charge is 2.52. The van der Waals surface area contributed by atoms with Gasteiger partial charge in [-0.3, -0.25) is 4.79 Å². The maximum Gasteiger partial charge on any atom is 0.316 e. The Kier molecular flexibility index (Phi) is 9.27. The van der Waals surface area contributed by atoms with Gasteiger partial charge in [-0.15, -0.1) is 0 Å². The van der Waals surface area contributed by atoms with Gasteiger partial charge in [0.05, 0.1) is 19.1 Å². The Labute approximate surface area is 210 Å². The number of nitrogens with one attached hydrogen (secondary N) is 1. The first kappa shape index (κ1) is 26.2. The molecule has 0 spiro atoms. The minimum absolute atomic E-state index is 0.102. The molecule has 0 atom stereocenters. The van der Waals surface area contributed by atoms with E-state index in [1.165, 1.54) is 0 Å². The summed E-state index contributed by atoms with van der Waals surface area (Å²) < 4.78 is 11.0. The van der Waals surface area contributed by atoms with Gasteiger partial charge < -0.3 is 14.8 Å². The van der Waals surface area contributed by atoms with Gasteiger partial charge in [0.15, 0.2) is 0 Å². The van der Waals surface area contributed by atoms with Crippen molar-refractivity contribution in [1.82, 2.24) is 5.32 Å². The number of allylic oxidation sites excluding steroid dienone is 3. The summed E-state index contributed by atoms with van der Waals surface area (Å²) in [6.07, 6.45) is 8.25. The average molecular weight is 472 g/mol. The quantitative estimate of drug-likeness (QED) is 0.155. The lowest BCUT2D eigenvalue weighted by atomic mass is 9.93. The molecule has 2 aromatic rings. The standard InChI is InChI=1S/C31H37NO3/c1-6-8-9-23(3)18-21-32-22-24(4)29(34-5)27-12-10-25(11-13-27)26-14-16-28(17-15-26)31(19-20-31)30(33)35-7-2/h6,8-17,32H,1,3,7,18-22H2,2,4-5H3/b9-8-,29-24+. The van der Waals surface area contributed by atoms with Crippen LogP contribution in [0.1, 0.15) is 44.2 Å². The third-order valence-corrected chi connectivity index (χ3v) is 6.41. The van der Waals surface area contributed by atoms with Crippen LogP contribution in [0.4, 0.5) is 0 Å². The lowest BCUT2D eigenvalue weighted by Gasteiger charge is -2.15. The van der Waals surface area contributed by atoms with E-state index >= 15 is 0 Å². The Morgan fingerprint density at radius 3 is 2.26 bits per heavy atom. The first-order valence-electron chi connectivity index (χ1n) is 12.2. The van der Waals surface area contributed by atoms with Crippen LogP contribution in [0, 0.1) is 0 Å². The molecule has 0 bridgehead atoms. The van der Waals surface area contributed by atoms with Crippen LogP contribution in [0.15, 0.2) is 91.1 Å². The van der Waals surface area contributed by atoms with E-state index in [2.05, 4.69) is 73.9 Å². The molecule has 0 aliphatic heterocycles. The number of carbonyl (C=O) groups is 1. The second-order valence-corrected chi connectivity index (χ2v) is 8.95. The Morgan fingerprint density at radius 2 is 1.71 bits per heavy atom. The predicted molar refractivity (Wildman–Crippen MR) is 145 cm³/mol. The molecule has 0 saturated heterocycles. The molecule has 184 valence electrons. The van der Waals surface area contributed by atoms with Gasteiger partial charge in [0.2, 0.25) is 0 Å². The Balaban J connectivity index is 1.63. The van der Waals surface area contributed by atoms with Crippen molar-refractivity contribution in [2.24, 2.45) is 0 Å². The average Bonchev–Trinajstić information content (AvgIpc) is 3.69. The molecule has 2 aromatic carbocycles. The van der Waals surface area contributed by atoms with Crippen molar-refractivity contribution in [1.29, 1.82) is 0 Å². The summed E-state index contributed by atoms with van der Waals surface area (Å²) in [6.45, 7) is 13.7. The number of hydrogen-bond acceptors (Lipinski definition) is 4. The van der Waals surface area contributed by atoms with Crippen molar-refractivity contribution >= 4 is 11.7 Å². The van der Waals surface area contributed by atoms with Crippen LogP contribution >= 0.6 is 0 Å². The van der Waals surface area contributed by atoms with Crippen molar-refractivity contribution in [3.63, 3.8) is 0 Å². The van der Waals surface area contributed by atoms with E-state index < -0.39 is 5.41 Å². The smallest absolute Gasteiger partial charge is 0.316 e. The van der Waals surface area contributed by atoms with Gasteiger partial charge in [0.25, 0.3) is 0 Å². The fourth-order valence-electron chi connectivity index (χ4n) is 4.23. The highest BCUT2D eigenvalue weighted by Crippen LogP contribution is 2.49. The largest absolute Gasteiger partial charge is 0.496 e. The molecule has 4 nitrogen and oxygen atoms in total. The molecule has 0 heterocycles. The van der Waals surface area contributed by atoms with Crippen LogP contribution in [0.3, 0.4) is 0 Å². The van der Waals surface area contributed by atoms with Crippen molar-refractivity contribution in [2.75, 3.05) is 26.8 Å². The third-order valence-electron chi connectivity index (χ3n) is 6.41. The van der Waals surface area contributed by atoms with E-state index in [1.54, 1.807) is 13.2 Å². The number of rotatable bonds is 13. The van der Waals surface area contributed by atoms with Gasteiger partial charge in [-0.25, -0.2) is 0 Å². The SMILES string of the molecule is C=C/C=C\C(=C)CCNC/C(C)=C(/OC)c1ccc(-c2ccc(C3(C(=O)OCC)CC3)cc2)cc1. The van der Waals surface area contributed by atoms with Gasteiger partial charge in [-0.2, -0.15) is 0 Å². The number of methoxy groups -OCH3 is 1. The molecular formula is C31H37NO3. The van der Waals surface area contributed by atoms with Crippen molar-refractivity contribution in [2.45, 2.75) is 38.5 Å². The van der Waals surface area contributed by atoms with E-state index in [0.29, 0.717) is 6.61 Å². The molecular weight excluding hydrogens is 434 g/mol. The van der Waals surface area contributed by atoms with Crippen molar-refractivity contribution < 1.29 is 14.3 Å². The minimum atomic E-state index is -0.433. The van der Waals surface area contributed by atoms with E-state index in [1.807, 2.05) is 19.1 Å². The summed E-state index contributed by atoms with van der Waals surface area (Å²) in [5.41, 5.74) is 6.12. The van der Waals surface area contributed by atoms with Gasteiger partial charge >= 0.3 is 5.97 Å². The summed E-state index contributed by atoms with van der Waals surface area (Å²) in [4.78, 5) is 12.4. The van der Waals surface area contributed by atoms with Crippen molar-refractivity contribution in [3.8, 4) is 11.1 Å².